The van der Waals surface area contributed by atoms with E-state index >= 15 is 0 Å². The van der Waals surface area contributed by atoms with Crippen LogP contribution in [0.15, 0.2) is 47.7 Å². The number of aromatic nitrogens is 2. The third-order valence-electron chi connectivity index (χ3n) is 1.81. The van der Waals surface area contributed by atoms with Gasteiger partial charge in [-0.1, -0.05) is 6.07 Å². The van der Waals surface area contributed by atoms with Gasteiger partial charge in [-0.05, 0) is 6.07 Å². The van der Waals surface area contributed by atoms with Gasteiger partial charge in [0.05, 0.1) is 18.1 Å². The Balaban J connectivity index is 2.61. The monoisotopic (exact) mass is 188 g/mol. The van der Waals surface area contributed by atoms with Crippen molar-refractivity contribution in [3.05, 3.63) is 53.2 Å². The molecule has 1 N–H and O–H groups in total. The number of nitrogens with zero attached hydrogens (tertiary/aromatic N) is 2. The van der Waals surface area contributed by atoms with Crippen molar-refractivity contribution in [2.75, 3.05) is 0 Å². The Morgan fingerprint density at radius 3 is 2.86 bits per heavy atom. The highest BCUT2D eigenvalue weighted by molar-refractivity contribution is 5.34. The summed E-state index contributed by atoms with van der Waals surface area (Å²) in [5, 5.41) is 9.19. The molecule has 0 fully saturated rings. The Kier molecular flexibility index (Phi) is 2.02. The molecular formula is C10H8N2O2. The largest absolute Gasteiger partial charge is 0.506 e. The molecule has 0 spiro atoms. The lowest BCUT2D eigenvalue weighted by molar-refractivity contribution is 0.472. The fraction of sp³-hybridized carbons (Fsp3) is 0. The highest BCUT2D eigenvalue weighted by Crippen LogP contribution is 2.10. The zero-order chi connectivity index (χ0) is 9.97. The van der Waals surface area contributed by atoms with Gasteiger partial charge >= 0.3 is 0 Å². The highest BCUT2D eigenvalue weighted by atomic mass is 16.3. The molecule has 2 aromatic rings. The van der Waals surface area contributed by atoms with Crippen LogP contribution in [0, 0.1) is 0 Å². The van der Waals surface area contributed by atoms with E-state index in [4.69, 9.17) is 0 Å². The van der Waals surface area contributed by atoms with E-state index in [-0.39, 0.29) is 11.3 Å². The Bertz CT molecular complexity index is 505. The molecule has 70 valence electrons. The molecule has 2 heterocycles. The molecule has 2 rings (SSSR count). The van der Waals surface area contributed by atoms with Gasteiger partial charge in [-0.25, -0.2) is 0 Å². The van der Waals surface area contributed by atoms with E-state index in [2.05, 4.69) is 4.98 Å². The molecular weight excluding hydrogens is 180 g/mol. The lowest BCUT2D eigenvalue weighted by atomic mass is 10.3. The summed E-state index contributed by atoms with van der Waals surface area (Å²) >= 11 is 0. The van der Waals surface area contributed by atoms with Crippen molar-refractivity contribution in [3.63, 3.8) is 0 Å². The molecule has 0 aliphatic heterocycles. The average Bonchev–Trinajstić information content (AvgIpc) is 2.18. The van der Waals surface area contributed by atoms with Crippen LogP contribution in [0.25, 0.3) is 5.69 Å². The van der Waals surface area contributed by atoms with E-state index in [1.54, 1.807) is 18.3 Å². The summed E-state index contributed by atoms with van der Waals surface area (Å²) in [5.74, 6) is 0.0400. The maximum atomic E-state index is 11.4. The third-order valence-corrected chi connectivity index (χ3v) is 1.81. The second-order valence-corrected chi connectivity index (χ2v) is 2.81. The third kappa shape index (κ3) is 1.50. The van der Waals surface area contributed by atoms with Gasteiger partial charge in [0.2, 0.25) is 0 Å². The highest BCUT2D eigenvalue weighted by Gasteiger charge is 1.98. The minimum atomic E-state index is -0.153. The van der Waals surface area contributed by atoms with Crippen molar-refractivity contribution in [1.82, 2.24) is 9.55 Å². The zero-order valence-electron chi connectivity index (χ0n) is 7.29. The molecule has 0 aliphatic rings. The van der Waals surface area contributed by atoms with Gasteiger partial charge in [-0.2, -0.15) is 0 Å². The predicted octanol–water partition coefficient (Wildman–Crippen LogP) is 0.938. The molecule has 4 heteroatoms. The number of hydrogen-bond acceptors (Lipinski definition) is 3. The molecule has 2 aromatic heterocycles. The van der Waals surface area contributed by atoms with Crippen molar-refractivity contribution in [2.45, 2.75) is 0 Å². The Hall–Kier alpha value is -2.10. The minimum absolute atomic E-state index is 0.0400. The van der Waals surface area contributed by atoms with Crippen molar-refractivity contribution in [3.8, 4) is 11.4 Å². The lowest BCUT2D eigenvalue weighted by Gasteiger charge is -2.03. The molecule has 0 radical (unpaired) electrons. The SMILES string of the molecule is O=c1ccccn1-c1cncc(O)c1. The fourth-order valence-corrected chi connectivity index (χ4v) is 1.19. The molecule has 0 aliphatic carbocycles. The predicted molar refractivity (Wildman–Crippen MR) is 51.5 cm³/mol. The van der Waals surface area contributed by atoms with Gasteiger partial charge in [-0.15, -0.1) is 0 Å². The smallest absolute Gasteiger partial charge is 0.255 e. The molecule has 0 atom stereocenters. The maximum absolute atomic E-state index is 11.4. The maximum Gasteiger partial charge on any atom is 0.255 e. The molecule has 4 nitrogen and oxygen atoms in total. The summed E-state index contributed by atoms with van der Waals surface area (Å²) in [5.41, 5.74) is 0.399. The topological polar surface area (TPSA) is 55.1 Å². The van der Waals surface area contributed by atoms with Crippen LogP contribution >= 0.6 is 0 Å². The minimum Gasteiger partial charge on any atom is -0.506 e. The Labute approximate surface area is 80.1 Å². The van der Waals surface area contributed by atoms with Crippen LogP contribution in [0.4, 0.5) is 0 Å². The van der Waals surface area contributed by atoms with Gasteiger partial charge in [-0.3, -0.25) is 14.3 Å². The summed E-state index contributed by atoms with van der Waals surface area (Å²) in [6.07, 6.45) is 4.46. The van der Waals surface area contributed by atoms with Crippen LogP contribution in [0.2, 0.25) is 0 Å². The van der Waals surface area contributed by atoms with Gasteiger partial charge in [0.25, 0.3) is 5.56 Å². The quantitative estimate of drug-likeness (QED) is 0.724. The summed E-state index contributed by atoms with van der Waals surface area (Å²) in [6.45, 7) is 0. The molecule has 14 heavy (non-hydrogen) atoms. The van der Waals surface area contributed by atoms with Gasteiger partial charge in [0, 0.05) is 18.3 Å². The normalized spacial score (nSPS) is 10.0. The van der Waals surface area contributed by atoms with E-state index in [1.165, 1.54) is 29.1 Å². The first kappa shape index (κ1) is 8.50. The molecule has 0 unspecified atom stereocenters. The van der Waals surface area contributed by atoms with Gasteiger partial charge in [0.1, 0.15) is 5.75 Å². The summed E-state index contributed by atoms with van der Waals surface area (Å²) < 4.78 is 1.41. The van der Waals surface area contributed by atoms with Crippen LogP contribution in [0.3, 0.4) is 0 Å². The second-order valence-electron chi connectivity index (χ2n) is 2.81. The van der Waals surface area contributed by atoms with Crippen molar-refractivity contribution < 1.29 is 5.11 Å². The van der Waals surface area contributed by atoms with Crippen LogP contribution in [0.5, 0.6) is 5.75 Å². The molecule has 0 aromatic carbocycles. The average molecular weight is 188 g/mol. The number of pyridine rings is 2. The molecule has 0 amide bonds. The molecule has 0 bridgehead atoms. The molecule has 0 saturated heterocycles. The van der Waals surface area contributed by atoms with Gasteiger partial charge < -0.3 is 5.11 Å². The fourth-order valence-electron chi connectivity index (χ4n) is 1.19. The van der Waals surface area contributed by atoms with Crippen LogP contribution in [0.1, 0.15) is 0 Å². The lowest BCUT2D eigenvalue weighted by Crippen LogP contribution is -2.15. The van der Waals surface area contributed by atoms with Crippen LogP contribution in [-0.2, 0) is 0 Å². The van der Waals surface area contributed by atoms with Gasteiger partial charge in [0.15, 0.2) is 0 Å². The van der Waals surface area contributed by atoms with Crippen molar-refractivity contribution in [1.29, 1.82) is 0 Å². The molecule has 0 saturated carbocycles. The standard InChI is InChI=1S/C10H8N2O2/c13-9-5-8(6-11-7-9)12-4-2-1-3-10(12)14/h1-7,13H. The number of rotatable bonds is 1. The van der Waals surface area contributed by atoms with E-state index in [1.807, 2.05) is 0 Å². The Morgan fingerprint density at radius 2 is 2.14 bits per heavy atom. The van der Waals surface area contributed by atoms with Crippen LogP contribution < -0.4 is 5.56 Å². The zero-order valence-corrected chi connectivity index (χ0v) is 7.29. The van der Waals surface area contributed by atoms with E-state index in [0.29, 0.717) is 5.69 Å². The van der Waals surface area contributed by atoms with Crippen molar-refractivity contribution in [2.24, 2.45) is 0 Å². The van der Waals surface area contributed by atoms with E-state index in [0.717, 1.165) is 0 Å². The number of aromatic hydroxyl groups is 1. The summed E-state index contributed by atoms with van der Waals surface area (Å²) in [7, 11) is 0. The first-order valence-electron chi connectivity index (χ1n) is 4.09. The first-order chi connectivity index (χ1) is 6.77. The first-order valence-corrected chi connectivity index (χ1v) is 4.09. The van der Waals surface area contributed by atoms with Crippen molar-refractivity contribution >= 4 is 0 Å². The van der Waals surface area contributed by atoms with Crippen LogP contribution in [-0.4, -0.2) is 14.7 Å². The Morgan fingerprint density at radius 1 is 1.29 bits per heavy atom. The summed E-state index contributed by atoms with van der Waals surface area (Å²) in [4.78, 5) is 15.2. The summed E-state index contributed by atoms with van der Waals surface area (Å²) in [6, 6.07) is 6.33. The van der Waals surface area contributed by atoms with E-state index in [9.17, 15) is 9.90 Å². The van der Waals surface area contributed by atoms with E-state index < -0.39 is 0 Å². The second kappa shape index (κ2) is 3.33. The number of hydrogen-bond donors (Lipinski definition) is 1.